The topological polar surface area (TPSA) is 50.7 Å². The Morgan fingerprint density at radius 1 is 1.33 bits per heavy atom. The van der Waals surface area contributed by atoms with Crippen LogP contribution in [0.5, 0.6) is 0 Å². The Morgan fingerprint density at radius 2 is 2.28 bits per heavy atom. The molecule has 0 amide bonds. The van der Waals surface area contributed by atoms with Gasteiger partial charge in [-0.25, -0.2) is 9.97 Å². The van der Waals surface area contributed by atoms with Crippen LogP contribution in [-0.4, -0.2) is 21.5 Å². The molecular weight excluding hydrogens is 244 g/mol. The maximum absolute atomic E-state index is 4.68. The van der Waals surface area contributed by atoms with Crippen molar-refractivity contribution in [1.82, 2.24) is 15.0 Å². The molecule has 94 valence electrons. The van der Waals surface area contributed by atoms with Crippen molar-refractivity contribution in [3.8, 4) is 10.7 Å². The highest BCUT2D eigenvalue weighted by Gasteiger charge is 2.19. The highest BCUT2D eigenvalue weighted by molar-refractivity contribution is 7.13. The Bertz CT molecular complexity index is 536. The van der Waals surface area contributed by atoms with Gasteiger partial charge in [0.05, 0.1) is 10.4 Å². The molecule has 0 bridgehead atoms. The van der Waals surface area contributed by atoms with E-state index in [0.717, 1.165) is 42.3 Å². The minimum absolute atomic E-state index is 0.816. The minimum Gasteiger partial charge on any atom is -0.370 e. The van der Waals surface area contributed by atoms with E-state index < -0.39 is 0 Å². The van der Waals surface area contributed by atoms with E-state index >= 15 is 0 Å². The second-order valence-electron chi connectivity index (χ2n) is 4.47. The lowest BCUT2D eigenvalue weighted by Gasteiger charge is -2.10. The first-order valence-corrected chi connectivity index (χ1v) is 7.29. The zero-order valence-electron chi connectivity index (χ0n) is 10.4. The lowest BCUT2D eigenvalue weighted by molar-refractivity contribution is 0.899. The lowest BCUT2D eigenvalue weighted by atomic mass is 10.2. The fourth-order valence-electron chi connectivity index (χ4n) is 2.26. The average molecular weight is 260 g/mol. The van der Waals surface area contributed by atoms with E-state index in [4.69, 9.17) is 0 Å². The average Bonchev–Trinajstić information content (AvgIpc) is 3.05. The van der Waals surface area contributed by atoms with E-state index in [9.17, 15) is 0 Å². The zero-order valence-corrected chi connectivity index (χ0v) is 11.3. The quantitative estimate of drug-likeness (QED) is 0.918. The van der Waals surface area contributed by atoms with Crippen molar-refractivity contribution in [2.24, 2.45) is 0 Å². The van der Waals surface area contributed by atoms with Crippen LogP contribution in [0.2, 0.25) is 0 Å². The van der Waals surface area contributed by atoms with Crippen molar-refractivity contribution < 1.29 is 0 Å². The van der Waals surface area contributed by atoms with Crippen LogP contribution in [0.3, 0.4) is 0 Å². The molecule has 0 atom stereocenters. The van der Waals surface area contributed by atoms with Gasteiger partial charge in [0.1, 0.15) is 5.82 Å². The summed E-state index contributed by atoms with van der Waals surface area (Å²) in [4.78, 5) is 14.5. The van der Waals surface area contributed by atoms with Gasteiger partial charge in [0, 0.05) is 24.0 Å². The summed E-state index contributed by atoms with van der Waals surface area (Å²) in [7, 11) is 0. The summed E-state index contributed by atoms with van der Waals surface area (Å²) in [5.74, 6) is 1.85. The fraction of sp³-hybridized carbons (Fsp3) is 0.462. The van der Waals surface area contributed by atoms with Crippen molar-refractivity contribution in [2.45, 2.75) is 32.6 Å². The first kappa shape index (κ1) is 11.6. The number of thiazole rings is 1. The maximum atomic E-state index is 4.68. The summed E-state index contributed by atoms with van der Waals surface area (Å²) in [6.07, 6.45) is 6.31. The lowest BCUT2D eigenvalue weighted by Crippen LogP contribution is -2.07. The summed E-state index contributed by atoms with van der Waals surface area (Å²) in [6.45, 7) is 3.13. The third-order valence-electron chi connectivity index (χ3n) is 3.13. The van der Waals surface area contributed by atoms with Crippen molar-refractivity contribution in [2.75, 3.05) is 11.9 Å². The summed E-state index contributed by atoms with van der Waals surface area (Å²) in [6, 6.07) is 0. The first-order valence-electron chi connectivity index (χ1n) is 6.41. The van der Waals surface area contributed by atoms with Gasteiger partial charge in [0.25, 0.3) is 0 Å². The van der Waals surface area contributed by atoms with Crippen LogP contribution < -0.4 is 5.32 Å². The number of aryl methyl sites for hydroxylation is 1. The number of nitrogens with zero attached hydrogens (tertiary/aromatic N) is 3. The normalized spacial score (nSPS) is 13.6. The van der Waals surface area contributed by atoms with Gasteiger partial charge in [-0.2, -0.15) is 0 Å². The number of fused-ring (bicyclic) bond motifs is 1. The molecule has 18 heavy (non-hydrogen) atoms. The summed E-state index contributed by atoms with van der Waals surface area (Å²) in [5.41, 5.74) is 4.36. The van der Waals surface area contributed by atoms with Crippen LogP contribution in [0, 0.1) is 0 Å². The second kappa shape index (κ2) is 5.02. The second-order valence-corrected chi connectivity index (χ2v) is 5.35. The van der Waals surface area contributed by atoms with Gasteiger partial charge < -0.3 is 5.32 Å². The van der Waals surface area contributed by atoms with Crippen molar-refractivity contribution in [3.63, 3.8) is 0 Å². The molecule has 0 saturated carbocycles. The van der Waals surface area contributed by atoms with Crippen LogP contribution in [0.15, 0.2) is 11.7 Å². The van der Waals surface area contributed by atoms with Crippen LogP contribution >= 0.6 is 11.3 Å². The molecule has 2 heterocycles. The van der Waals surface area contributed by atoms with Gasteiger partial charge in [0.2, 0.25) is 0 Å². The fourth-order valence-corrected chi connectivity index (χ4v) is 2.81. The molecule has 0 saturated heterocycles. The van der Waals surface area contributed by atoms with Gasteiger partial charge in [-0.15, -0.1) is 11.3 Å². The maximum Gasteiger partial charge on any atom is 0.173 e. The van der Waals surface area contributed by atoms with Gasteiger partial charge >= 0.3 is 0 Å². The minimum atomic E-state index is 0.816. The van der Waals surface area contributed by atoms with Gasteiger partial charge in [0.15, 0.2) is 5.82 Å². The molecule has 4 nitrogen and oxygen atoms in total. The Balaban J connectivity index is 2.02. The largest absolute Gasteiger partial charge is 0.370 e. The van der Waals surface area contributed by atoms with E-state index in [2.05, 4.69) is 27.2 Å². The number of rotatable bonds is 4. The van der Waals surface area contributed by atoms with Crippen molar-refractivity contribution >= 4 is 17.2 Å². The van der Waals surface area contributed by atoms with Crippen LogP contribution in [0.25, 0.3) is 10.7 Å². The van der Waals surface area contributed by atoms with Gasteiger partial charge in [-0.05, 0) is 25.7 Å². The molecule has 0 unspecified atom stereocenters. The molecule has 0 spiro atoms. The third-order valence-corrected chi connectivity index (χ3v) is 3.90. The van der Waals surface area contributed by atoms with Gasteiger partial charge in [-0.1, -0.05) is 6.92 Å². The molecule has 1 N–H and O–H groups in total. The van der Waals surface area contributed by atoms with E-state index in [1.165, 1.54) is 17.7 Å². The zero-order chi connectivity index (χ0) is 12.4. The monoisotopic (exact) mass is 260 g/mol. The molecule has 0 aliphatic heterocycles. The molecule has 5 heteroatoms. The van der Waals surface area contributed by atoms with Crippen LogP contribution in [0.1, 0.15) is 31.0 Å². The molecule has 2 aromatic heterocycles. The van der Waals surface area contributed by atoms with E-state index in [-0.39, 0.29) is 0 Å². The number of nitrogens with one attached hydrogen (secondary N) is 1. The highest BCUT2D eigenvalue weighted by atomic mass is 32.1. The molecule has 3 rings (SSSR count). The van der Waals surface area contributed by atoms with Crippen LogP contribution in [0.4, 0.5) is 5.82 Å². The van der Waals surface area contributed by atoms with Crippen LogP contribution in [-0.2, 0) is 12.8 Å². The number of hydrogen-bond acceptors (Lipinski definition) is 5. The number of aromatic nitrogens is 3. The SMILES string of the molecule is CCCNc1nc(-c2cncs2)nc2c1CCC2. The first-order chi connectivity index (χ1) is 8.88. The smallest absolute Gasteiger partial charge is 0.173 e. The summed E-state index contributed by atoms with van der Waals surface area (Å²) in [5, 5.41) is 3.43. The number of hydrogen-bond donors (Lipinski definition) is 1. The predicted octanol–water partition coefficient (Wildman–Crippen LogP) is 2.91. The molecule has 1 aliphatic rings. The molecular formula is C13H16N4S. The predicted molar refractivity (Wildman–Crippen MR) is 73.9 cm³/mol. The van der Waals surface area contributed by atoms with E-state index in [1.54, 1.807) is 11.3 Å². The Kier molecular flexibility index (Phi) is 3.23. The van der Waals surface area contributed by atoms with Crippen molar-refractivity contribution in [1.29, 1.82) is 0 Å². The third kappa shape index (κ3) is 2.10. The molecule has 2 aromatic rings. The highest BCUT2D eigenvalue weighted by Crippen LogP contribution is 2.30. The Morgan fingerprint density at radius 3 is 3.06 bits per heavy atom. The Hall–Kier alpha value is -1.49. The van der Waals surface area contributed by atoms with E-state index in [0.29, 0.717) is 0 Å². The molecule has 0 fully saturated rings. The molecule has 0 radical (unpaired) electrons. The Labute approximate surface area is 111 Å². The molecule has 0 aromatic carbocycles. The van der Waals surface area contributed by atoms with Crippen molar-refractivity contribution in [3.05, 3.63) is 23.0 Å². The standard InChI is InChI=1S/C13H16N4S/c1-2-6-15-12-9-4-3-5-10(9)16-13(17-12)11-7-14-8-18-11/h7-8H,2-6H2,1H3,(H,15,16,17). The molecule has 1 aliphatic carbocycles. The summed E-state index contributed by atoms with van der Waals surface area (Å²) >= 11 is 1.59. The summed E-state index contributed by atoms with van der Waals surface area (Å²) < 4.78 is 0. The van der Waals surface area contributed by atoms with E-state index in [1.807, 2.05) is 11.7 Å². The number of anilines is 1. The van der Waals surface area contributed by atoms with Gasteiger partial charge in [-0.3, -0.25) is 4.98 Å².